The number of nitrogen functional groups attached to an aromatic ring is 1. The largest absolute Gasteiger partial charge is 0.467 e. The summed E-state index contributed by atoms with van der Waals surface area (Å²) < 4.78 is 5.03. The van der Waals surface area contributed by atoms with Gasteiger partial charge in [-0.15, -0.1) is 0 Å². The van der Waals surface area contributed by atoms with E-state index in [1.54, 1.807) is 0 Å². The van der Waals surface area contributed by atoms with Gasteiger partial charge in [-0.3, -0.25) is 5.43 Å². The number of rotatable bonds is 3. The average Bonchev–Trinajstić information content (AvgIpc) is 2.38. The molecular weight excluding hydrogens is 220 g/mol. The highest BCUT2D eigenvalue weighted by Gasteiger charge is 2.20. The molecule has 7 heteroatoms. The van der Waals surface area contributed by atoms with Gasteiger partial charge < -0.3 is 9.64 Å². The fraction of sp³-hybridized carbons (Fsp3) is 0.700. The molecule has 1 aromatic rings. The van der Waals surface area contributed by atoms with Crippen LogP contribution in [0.15, 0.2) is 0 Å². The van der Waals surface area contributed by atoms with Crippen molar-refractivity contribution in [1.29, 1.82) is 0 Å². The van der Waals surface area contributed by atoms with Crippen LogP contribution in [0, 0.1) is 5.92 Å². The topological polar surface area (TPSA) is 89.2 Å². The number of hydrogen-bond acceptors (Lipinski definition) is 7. The molecule has 0 amide bonds. The van der Waals surface area contributed by atoms with E-state index in [1.165, 1.54) is 13.5 Å². The fourth-order valence-electron chi connectivity index (χ4n) is 2.01. The molecule has 0 bridgehead atoms. The maximum atomic E-state index is 5.32. The van der Waals surface area contributed by atoms with Gasteiger partial charge in [0.25, 0.3) is 0 Å². The standard InChI is InChI=1S/C10H18N6O/c1-7-4-3-5-16(6-7)9-12-8(15-11)13-10(14-9)17-2/h7H,3-6,11H2,1-2H3,(H,12,13,14,15). The first-order valence-electron chi connectivity index (χ1n) is 5.74. The van der Waals surface area contributed by atoms with Gasteiger partial charge in [0.05, 0.1) is 7.11 Å². The second-order valence-corrected chi connectivity index (χ2v) is 4.28. The van der Waals surface area contributed by atoms with Gasteiger partial charge in [-0.2, -0.15) is 15.0 Å². The van der Waals surface area contributed by atoms with Gasteiger partial charge in [-0.05, 0) is 18.8 Å². The zero-order valence-electron chi connectivity index (χ0n) is 10.2. The Morgan fingerprint density at radius 2 is 2.24 bits per heavy atom. The van der Waals surface area contributed by atoms with Gasteiger partial charge in [0.2, 0.25) is 11.9 Å². The molecule has 1 aliphatic heterocycles. The van der Waals surface area contributed by atoms with E-state index in [1.807, 2.05) is 0 Å². The molecule has 0 aromatic carbocycles. The Bertz CT molecular complexity index is 363. The molecule has 1 fully saturated rings. The van der Waals surface area contributed by atoms with Crippen molar-refractivity contribution in [3.63, 3.8) is 0 Å². The Balaban J connectivity index is 2.23. The summed E-state index contributed by atoms with van der Waals surface area (Å²) in [6.45, 7) is 4.14. The minimum Gasteiger partial charge on any atom is -0.467 e. The van der Waals surface area contributed by atoms with Crippen LogP contribution in [-0.2, 0) is 0 Å². The summed E-state index contributed by atoms with van der Waals surface area (Å²) in [7, 11) is 1.53. The second kappa shape index (κ2) is 5.13. The predicted molar refractivity (Wildman–Crippen MR) is 64.8 cm³/mol. The van der Waals surface area contributed by atoms with Crippen LogP contribution in [0.25, 0.3) is 0 Å². The van der Waals surface area contributed by atoms with E-state index in [0.717, 1.165) is 19.5 Å². The minimum absolute atomic E-state index is 0.279. The monoisotopic (exact) mass is 238 g/mol. The van der Waals surface area contributed by atoms with Crippen LogP contribution in [0.5, 0.6) is 6.01 Å². The lowest BCUT2D eigenvalue weighted by Gasteiger charge is -2.30. The van der Waals surface area contributed by atoms with Gasteiger partial charge in [0.15, 0.2) is 0 Å². The normalized spacial score (nSPS) is 20.2. The summed E-state index contributed by atoms with van der Waals surface area (Å²) in [4.78, 5) is 14.6. The van der Waals surface area contributed by atoms with Gasteiger partial charge in [-0.25, -0.2) is 5.84 Å². The molecule has 17 heavy (non-hydrogen) atoms. The highest BCUT2D eigenvalue weighted by molar-refractivity contribution is 5.38. The van der Waals surface area contributed by atoms with Crippen LogP contribution in [0.4, 0.5) is 11.9 Å². The maximum absolute atomic E-state index is 5.32. The van der Waals surface area contributed by atoms with E-state index in [2.05, 4.69) is 32.2 Å². The summed E-state index contributed by atoms with van der Waals surface area (Å²) in [5.74, 6) is 6.92. The summed E-state index contributed by atoms with van der Waals surface area (Å²) in [6.07, 6.45) is 2.40. The SMILES string of the molecule is COc1nc(NN)nc(N2CCCC(C)C2)n1. The molecule has 7 nitrogen and oxygen atoms in total. The van der Waals surface area contributed by atoms with E-state index in [9.17, 15) is 0 Å². The molecule has 0 spiro atoms. The van der Waals surface area contributed by atoms with E-state index in [4.69, 9.17) is 10.6 Å². The molecule has 0 saturated carbocycles. The smallest absolute Gasteiger partial charge is 0.322 e. The third kappa shape index (κ3) is 2.73. The molecule has 1 atom stereocenters. The molecule has 1 aliphatic rings. The van der Waals surface area contributed by atoms with Crippen molar-refractivity contribution in [3.05, 3.63) is 0 Å². The van der Waals surface area contributed by atoms with Gasteiger partial charge >= 0.3 is 6.01 Å². The zero-order chi connectivity index (χ0) is 12.3. The van der Waals surface area contributed by atoms with Gasteiger partial charge in [0, 0.05) is 13.1 Å². The average molecular weight is 238 g/mol. The molecular formula is C10H18N6O. The molecule has 3 N–H and O–H groups in total. The van der Waals surface area contributed by atoms with Crippen LogP contribution in [0.1, 0.15) is 19.8 Å². The number of nitrogens with two attached hydrogens (primary N) is 1. The van der Waals surface area contributed by atoms with Crippen molar-refractivity contribution in [2.45, 2.75) is 19.8 Å². The third-order valence-corrected chi connectivity index (χ3v) is 2.85. The molecule has 0 radical (unpaired) electrons. The first-order chi connectivity index (χ1) is 8.22. The summed E-state index contributed by atoms with van der Waals surface area (Å²) in [5.41, 5.74) is 2.42. The summed E-state index contributed by atoms with van der Waals surface area (Å²) in [5, 5.41) is 0. The lowest BCUT2D eigenvalue weighted by molar-refractivity contribution is 0.376. The first-order valence-corrected chi connectivity index (χ1v) is 5.74. The Kier molecular flexibility index (Phi) is 3.58. The second-order valence-electron chi connectivity index (χ2n) is 4.28. The van der Waals surface area contributed by atoms with Crippen molar-refractivity contribution < 1.29 is 4.74 Å². The minimum atomic E-state index is 0.279. The van der Waals surface area contributed by atoms with Crippen molar-refractivity contribution >= 4 is 11.9 Å². The Morgan fingerprint density at radius 1 is 1.41 bits per heavy atom. The van der Waals surface area contributed by atoms with Crippen LogP contribution in [0.2, 0.25) is 0 Å². The molecule has 1 unspecified atom stereocenters. The predicted octanol–water partition coefficient (Wildman–Crippen LogP) is 0.402. The van der Waals surface area contributed by atoms with Crippen LogP contribution >= 0.6 is 0 Å². The number of aromatic nitrogens is 3. The van der Waals surface area contributed by atoms with Gasteiger partial charge in [-0.1, -0.05) is 6.92 Å². The Morgan fingerprint density at radius 3 is 2.88 bits per heavy atom. The molecule has 1 saturated heterocycles. The lowest BCUT2D eigenvalue weighted by Crippen LogP contribution is -2.35. The number of hydrogen-bond donors (Lipinski definition) is 2. The number of nitrogens with zero attached hydrogens (tertiary/aromatic N) is 4. The van der Waals surface area contributed by atoms with E-state index in [0.29, 0.717) is 17.8 Å². The van der Waals surface area contributed by atoms with Crippen LogP contribution in [-0.4, -0.2) is 35.2 Å². The highest BCUT2D eigenvalue weighted by atomic mass is 16.5. The van der Waals surface area contributed by atoms with E-state index < -0.39 is 0 Å². The fourth-order valence-corrected chi connectivity index (χ4v) is 2.01. The number of anilines is 2. The molecule has 94 valence electrons. The third-order valence-electron chi connectivity index (χ3n) is 2.85. The number of hydrazine groups is 1. The van der Waals surface area contributed by atoms with Crippen molar-refractivity contribution in [1.82, 2.24) is 15.0 Å². The van der Waals surface area contributed by atoms with Crippen LogP contribution in [0.3, 0.4) is 0 Å². The van der Waals surface area contributed by atoms with Gasteiger partial charge in [0.1, 0.15) is 0 Å². The quantitative estimate of drug-likeness (QED) is 0.582. The maximum Gasteiger partial charge on any atom is 0.322 e. The lowest BCUT2D eigenvalue weighted by atomic mass is 10.0. The molecule has 0 aliphatic carbocycles. The van der Waals surface area contributed by atoms with Crippen molar-refractivity contribution in [2.75, 3.05) is 30.5 Å². The van der Waals surface area contributed by atoms with E-state index in [-0.39, 0.29) is 6.01 Å². The number of piperidine rings is 1. The molecule has 2 heterocycles. The van der Waals surface area contributed by atoms with E-state index >= 15 is 0 Å². The van der Waals surface area contributed by atoms with Crippen molar-refractivity contribution in [2.24, 2.45) is 11.8 Å². The molecule has 1 aromatic heterocycles. The Labute approximate surface area is 100 Å². The van der Waals surface area contributed by atoms with Crippen LogP contribution < -0.4 is 20.9 Å². The highest BCUT2D eigenvalue weighted by Crippen LogP contribution is 2.21. The zero-order valence-corrected chi connectivity index (χ0v) is 10.2. The number of nitrogens with one attached hydrogen (secondary N) is 1. The van der Waals surface area contributed by atoms with Crippen molar-refractivity contribution in [3.8, 4) is 6.01 Å². The summed E-state index contributed by atoms with van der Waals surface area (Å²) in [6, 6.07) is 0.279. The Hall–Kier alpha value is -1.63. The molecule has 2 rings (SSSR count). The first kappa shape index (κ1) is 11.8. The summed E-state index contributed by atoms with van der Waals surface area (Å²) >= 11 is 0. The number of methoxy groups -OCH3 is 1. The number of ether oxygens (including phenoxy) is 1.